The predicted octanol–water partition coefficient (Wildman–Crippen LogP) is 10.7. The molecule has 0 saturated carbocycles. The largest absolute Gasteiger partial charge is 0.464 e. The van der Waals surface area contributed by atoms with Gasteiger partial charge in [-0.1, -0.05) is 32.2 Å². The van der Waals surface area contributed by atoms with E-state index >= 15 is 0 Å². The van der Waals surface area contributed by atoms with E-state index in [-0.39, 0.29) is 33.9 Å². The van der Waals surface area contributed by atoms with Crippen molar-refractivity contribution in [3.05, 3.63) is 34.3 Å². The fourth-order valence-corrected chi connectivity index (χ4v) is 4.97. The number of azo groups is 1. The molecule has 0 aliphatic heterocycles. The van der Waals surface area contributed by atoms with Crippen molar-refractivity contribution in [1.29, 1.82) is 0 Å². The zero-order valence-electron chi connectivity index (χ0n) is 26.1. The highest BCUT2D eigenvalue weighted by molar-refractivity contribution is 7.19. The molecule has 1 aromatic heterocycles. The number of aldehydes is 1. The maximum atomic E-state index is 14.2. The van der Waals surface area contributed by atoms with Gasteiger partial charge >= 0.3 is 53.6 Å². The maximum Gasteiger partial charge on any atom is 0.432 e. The van der Waals surface area contributed by atoms with Crippen LogP contribution in [0.5, 0.6) is 0 Å². The lowest BCUT2D eigenvalue weighted by molar-refractivity contribution is -0.451. The van der Waals surface area contributed by atoms with Gasteiger partial charge in [-0.3, -0.25) is 9.59 Å². The van der Waals surface area contributed by atoms with Crippen molar-refractivity contribution >= 4 is 60.9 Å². The Morgan fingerprint density at radius 3 is 1.74 bits per heavy atom. The van der Waals surface area contributed by atoms with Crippen LogP contribution in [0.25, 0.3) is 0 Å². The molecule has 2 rings (SSSR count). The molecule has 0 aliphatic rings. The molecule has 0 amide bonds. The number of benzene rings is 1. The average Bonchev–Trinajstić information content (AvgIpc) is 3.43. The summed E-state index contributed by atoms with van der Waals surface area (Å²) in [5, 5.41) is 0.612. The molecule has 28 heteroatoms. The first-order valence-corrected chi connectivity index (χ1v) is 15.7. The molecule has 0 N–H and O–H groups in total. The molecule has 2 atom stereocenters. The van der Waals surface area contributed by atoms with Gasteiger partial charge < -0.3 is 9.64 Å². The van der Waals surface area contributed by atoms with E-state index in [0.29, 0.717) is 12.0 Å². The van der Waals surface area contributed by atoms with Crippen LogP contribution in [0.4, 0.5) is 95.5 Å². The number of thiazole rings is 1. The van der Waals surface area contributed by atoms with Gasteiger partial charge in [0.1, 0.15) is 11.5 Å². The highest BCUT2D eigenvalue weighted by Crippen LogP contribution is 2.66. The van der Waals surface area contributed by atoms with Crippen LogP contribution in [0.15, 0.2) is 34.5 Å². The molecular formula is C26H20ClF18N4O3PS. The standard InChI is InChI=1S/C26H20ClF18N4O3PS/c1-2-49(13-5-3-12(4-6-13)47-48-17-46-16(27)14(11-50)54-17)9-10-52-15(51)7-8-18(28,29)19(30,31)20(32,33)21(34,35)22(36,37)23(38,39)24(40,41)25(42,53)26(43,44)45/h3-6,11H,2,7-10,53H2,1H3. The number of hydrogen-bond donors (Lipinski definition) is 0. The first-order chi connectivity index (χ1) is 24.2. The minimum atomic E-state index is -8.79. The second-order valence-corrected chi connectivity index (χ2v) is 12.8. The number of alkyl halides is 18. The normalized spacial score (nSPS) is 15.4. The monoisotopic (exact) mass is 876 g/mol. The quantitative estimate of drug-likeness (QED) is 0.0490. The number of likely N-dealkylation sites (N-methyl/N-ethyl adjacent to an activating group) is 1. The van der Waals surface area contributed by atoms with Gasteiger partial charge in [-0.2, -0.15) is 74.6 Å². The van der Waals surface area contributed by atoms with E-state index in [1.54, 1.807) is 6.92 Å². The number of aromatic nitrogens is 1. The summed E-state index contributed by atoms with van der Waals surface area (Å²) in [6.07, 6.45) is -11.9. The van der Waals surface area contributed by atoms with Gasteiger partial charge in [-0.15, -0.1) is 10.2 Å². The van der Waals surface area contributed by atoms with E-state index in [4.69, 9.17) is 11.6 Å². The average molecular weight is 877 g/mol. The van der Waals surface area contributed by atoms with Gasteiger partial charge in [0.15, 0.2) is 11.4 Å². The third-order valence-electron chi connectivity index (χ3n) is 7.12. The fraction of sp³-hybridized carbons (Fsp3) is 0.577. The van der Waals surface area contributed by atoms with Crippen LogP contribution >= 0.6 is 32.2 Å². The summed E-state index contributed by atoms with van der Waals surface area (Å²) in [5.41, 5.74) is 0.635. The van der Waals surface area contributed by atoms with Gasteiger partial charge in [0.25, 0.3) is 5.41 Å². The van der Waals surface area contributed by atoms with Crippen molar-refractivity contribution in [2.24, 2.45) is 10.2 Å². The topological polar surface area (TPSA) is 84.2 Å². The van der Waals surface area contributed by atoms with Crippen molar-refractivity contribution in [2.45, 2.75) is 72.8 Å². The van der Waals surface area contributed by atoms with E-state index in [9.17, 15) is 88.6 Å². The lowest BCUT2D eigenvalue weighted by Gasteiger charge is -2.44. The molecule has 306 valence electrons. The summed E-state index contributed by atoms with van der Waals surface area (Å²) >= 11 is 6.56. The second-order valence-electron chi connectivity index (χ2n) is 10.6. The molecule has 0 saturated heterocycles. The number of esters is 1. The Morgan fingerprint density at radius 2 is 1.30 bits per heavy atom. The summed E-state index contributed by atoms with van der Waals surface area (Å²) in [5.74, 6) is -59.4. The Bertz CT molecular complexity index is 1670. The van der Waals surface area contributed by atoms with Crippen LogP contribution in [0.3, 0.4) is 0 Å². The number of nitrogens with zero attached hydrogens (tertiary/aromatic N) is 4. The van der Waals surface area contributed by atoms with Crippen LogP contribution in [0.2, 0.25) is 5.15 Å². The molecule has 2 aromatic rings. The lowest BCUT2D eigenvalue weighted by atomic mass is 9.87. The van der Waals surface area contributed by atoms with Crippen molar-refractivity contribution in [1.82, 2.24) is 4.98 Å². The zero-order valence-corrected chi connectivity index (χ0v) is 28.8. The number of rotatable bonds is 18. The SMILES string of the molecule is CCN(CCOC(=O)CCC(F)(F)C(F)(F)C(F)(F)C(F)(F)C(F)(F)C(F)(F)C(F)(F)C(F)(P)C(F)(F)F)c1ccc(N=Nc2nc(Cl)c(C=O)s2)cc1. The number of hydrogen-bond acceptors (Lipinski definition) is 8. The zero-order chi connectivity index (χ0) is 42.1. The summed E-state index contributed by atoms with van der Waals surface area (Å²) < 4.78 is 251. The Morgan fingerprint density at radius 1 is 0.815 bits per heavy atom. The molecule has 1 aromatic carbocycles. The third-order valence-corrected chi connectivity index (χ3v) is 9.08. The van der Waals surface area contributed by atoms with E-state index in [1.807, 2.05) is 0 Å². The minimum absolute atomic E-state index is 0.0411. The predicted molar refractivity (Wildman–Crippen MR) is 155 cm³/mol. The van der Waals surface area contributed by atoms with Crippen molar-refractivity contribution < 1.29 is 93.4 Å². The van der Waals surface area contributed by atoms with Crippen molar-refractivity contribution in [2.75, 3.05) is 24.6 Å². The van der Waals surface area contributed by atoms with Crippen LogP contribution in [0, 0.1) is 0 Å². The first kappa shape index (κ1) is 47.0. The van der Waals surface area contributed by atoms with Gasteiger partial charge in [-0.05, 0) is 31.2 Å². The van der Waals surface area contributed by atoms with E-state index in [2.05, 4.69) is 19.9 Å². The van der Waals surface area contributed by atoms with Gasteiger partial charge in [0, 0.05) is 18.7 Å². The smallest absolute Gasteiger partial charge is 0.432 e. The first-order valence-electron chi connectivity index (χ1n) is 13.9. The molecule has 7 nitrogen and oxygen atoms in total. The maximum absolute atomic E-state index is 14.2. The Labute approximate surface area is 301 Å². The Balaban J connectivity index is 2.13. The van der Waals surface area contributed by atoms with Gasteiger partial charge in [-0.25, -0.2) is 9.37 Å². The van der Waals surface area contributed by atoms with Crippen molar-refractivity contribution in [3.8, 4) is 0 Å². The van der Waals surface area contributed by atoms with E-state index < -0.39 is 87.7 Å². The number of ether oxygens (including phenoxy) is 1. The summed E-state index contributed by atoms with van der Waals surface area (Å²) in [7, 11) is -0.794. The molecule has 0 spiro atoms. The molecule has 54 heavy (non-hydrogen) atoms. The molecule has 0 aliphatic carbocycles. The molecule has 0 bridgehead atoms. The second kappa shape index (κ2) is 15.8. The molecule has 1 heterocycles. The highest BCUT2D eigenvalue weighted by atomic mass is 35.5. The summed E-state index contributed by atoms with van der Waals surface area (Å²) in [4.78, 5) is 28.0. The highest BCUT2D eigenvalue weighted by Gasteiger charge is 2.95. The number of carbonyl (C=O) groups is 2. The minimum Gasteiger partial charge on any atom is -0.464 e. The van der Waals surface area contributed by atoms with Crippen molar-refractivity contribution in [3.63, 3.8) is 0 Å². The Kier molecular flexibility index (Phi) is 13.7. The lowest BCUT2D eigenvalue weighted by Crippen LogP contribution is -2.75. The number of carbonyl (C=O) groups excluding carboxylic acids is 2. The Hall–Kier alpha value is -3.15. The van der Waals surface area contributed by atoms with E-state index in [1.165, 1.54) is 29.2 Å². The van der Waals surface area contributed by atoms with Crippen LogP contribution < -0.4 is 4.90 Å². The fourth-order valence-electron chi connectivity index (χ4n) is 3.90. The number of anilines is 1. The van der Waals surface area contributed by atoms with Gasteiger partial charge in [0.2, 0.25) is 5.13 Å². The summed E-state index contributed by atoms with van der Waals surface area (Å²) in [6, 6.07) is 5.70. The van der Waals surface area contributed by atoms with E-state index in [0.717, 1.165) is 11.3 Å². The van der Waals surface area contributed by atoms with Crippen LogP contribution in [0.1, 0.15) is 29.4 Å². The molecule has 0 fully saturated rings. The molecule has 2 unspecified atom stereocenters. The van der Waals surface area contributed by atoms with Crippen LogP contribution in [-0.2, 0) is 9.53 Å². The summed E-state index contributed by atoms with van der Waals surface area (Å²) in [6.45, 7) is 0.655. The molecule has 0 radical (unpaired) electrons. The number of halogens is 19. The van der Waals surface area contributed by atoms with Crippen LogP contribution in [-0.4, -0.2) is 90.0 Å². The third kappa shape index (κ3) is 8.33. The van der Waals surface area contributed by atoms with Gasteiger partial charge in [0.05, 0.1) is 18.7 Å². The molecular weight excluding hydrogens is 857 g/mol.